The fraction of sp³-hybridized carbons (Fsp3) is 0.545. The SMILES string of the molecule is CC[C@@]1(C)CCCC2CC[C@](C)(CC)C(O)C2C1O.Cc1ccc2cnc(-c3[c-]cccc3)cc2c1.[Ir]. The molecule has 1 aromatic heterocycles. The molecule has 2 fully saturated rings. The van der Waals surface area contributed by atoms with Gasteiger partial charge in [-0.05, 0) is 78.7 Å². The summed E-state index contributed by atoms with van der Waals surface area (Å²) in [4.78, 5) is 4.48. The van der Waals surface area contributed by atoms with Gasteiger partial charge in [0.2, 0.25) is 0 Å². The fourth-order valence-electron chi connectivity index (χ4n) is 6.46. The number of hydrogen-bond donors (Lipinski definition) is 2. The number of pyridine rings is 1. The number of rotatable bonds is 3. The van der Waals surface area contributed by atoms with Gasteiger partial charge in [-0.3, -0.25) is 0 Å². The van der Waals surface area contributed by atoms with Gasteiger partial charge in [-0.1, -0.05) is 63.9 Å². The molecule has 2 aliphatic carbocycles. The molecule has 203 valence electrons. The predicted octanol–water partition coefficient (Wildman–Crippen LogP) is 7.76. The van der Waals surface area contributed by atoms with Crippen LogP contribution in [0.3, 0.4) is 0 Å². The first kappa shape index (κ1) is 30.0. The number of aliphatic hydroxyl groups excluding tert-OH is 2. The van der Waals surface area contributed by atoms with Crippen molar-refractivity contribution < 1.29 is 30.3 Å². The number of fused-ring (bicyclic) bond motifs is 2. The largest absolute Gasteiger partial charge is 0.392 e. The van der Waals surface area contributed by atoms with E-state index in [2.05, 4.69) is 69.9 Å². The van der Waals surface area contributed by atoms with E-state index in [1.807, 2.05) is 30.5 Å². The van der Waals surface area contributed by atoms with E-state index in [4.69, 9.17) is 0 Å². The molecule has 0 aliphatic heterocycles. The van der Waals surface area contributed by atoms with Crippen molar-refractivity contribution in [1.82, 2.24) is 4.98 Å². The van der Waals surface area contributed by atoms with Crippen LogP contribution in [0.2, 0.25) is 0 Å². The van der Waals surface area contributed by atoms with Gasteiger partial charge < -0.3 is 15.2 Å². The first-order valence-electron chi connectivity index (χ1n) is 13.9. The third kappa shape index (κ3) is 6.36. The van der Waals surface area contributed by atoms with E-state index in [1.54, 1.807) is 0 Å². The van der Waals surface area contributed by atoms with Crippen molar-refractivity contribution in [1.29, 1.82) is 0 Å². The summed E-state index contributed by atoms with van der Waals surface area (Å²) >= 11 is 0. The molecule has 0 amide bonds. The predicted molar refractivity (Wildman–Crippen MR) is 150 cm³/mol. The third-order valence-electron chi connectivity index (χ3n) is 9.59. The first-order chi connectivity index (χ1) is 17.2. The van der Waals surface area contributed by atoms with Gasteiger partial charge in [0.1, 0.15) is 0 Å². The van der Waals surface area contributed by atoms with Crippen LogP contribution >= 0.6 is 0 Å². The Morgan fingerprint density at radius 2 is 1.62 bits per heavy atom. The van der Waals surface area contributed by atoms with Crippen LogP contribution in [0, 0.1) is 35.7 Å². The number of aryl methyl sites for hydroxylation is 1. The molecule has 5 rings (SSSR count). The zero-order valence-corrected chi connectivity index (χ0v) is 25.5. The minimum atomic E-state index is -0.342. The number of benzene rings is 2. The molecule has 1 heterocycles. The van der Waals surface area contributed by atoms with Crippen molar-refractivity contribution in [2.75, 3.05) is 0 Å². The van der Waals surface area contributed by atoms with Gasteiger partial charge in [-0.15, -0.1) is 35.9 Å². The fourth-order valence-corrected chi connectivity index (χ4v) is 6.46. The van der Waals surface area contributed by atoms with Crippen molar-refractivity contribution in [3.05, 3.63) is 66.4 Å². The Morgan fingerprint density at radius 3 is 2.27 bits per heavy atom. The van der Waals surface area contributed by atoms with Crippen LogP contribution in [-0.2, 0) is 20.1 Å². The Labute approximate surface area is 237 Å². The van der Waals surface area contributed by atoms with E-state index in [9.17, 15) is 10.2 Å². The van der Waals surface area contributed by atoms with E-state index in [0.29, 0.717) is 5.92 Å². The molecule has 37 heavy (non-hydrogen) atoms. The van der Waals surface area contributed by atoms with Crippen LogP contribution in [0.1, 0.15) is 78.2 Å². The Hall–Kier alpha value is -1.58. The molecule has 6 atom stereocenters. The van der Waals surface area contributed by atoms with Gasteiger partial charge in [0.05, 0.1) is 12.2 Å². The molecule has 3 nitrogen and oxygen atoms in total. The second-order valence-corrected chi connectivity index (χ2v) is 11.9. The molecule has 3 aromatic rings. The van der Waals surface area contributed by atoms with Crippen LogP contribution in [0.5, 0.6) is 0 Å². The average Bonchev–Trinajstić information content (AvgIpc) is 3.03. The molecule has 4 unspecified atom stereocenters. The number of aliphatic hydroxyl groups is 2. The van der Waals surface area contributed by atoms with Gasteiger partial charge in [-0.25, -0.2) is 0 Å². The molecule has 0 bridgehead atoms. The van der Waals surface area contributed by atoms with Crippen LogP contribution in [0.4, 0.5) is 0 Å². The Bertz CT molecular complexity index is 1150. The summed E-state index contributed by atoms with van der Waals surface area (Å²) in [5, 5.41) is 24.2. The summed E-state index contributed by atoms with van der Waals surface area (Å²) in [5.74, 6) is 0.615. The van der Waals surface area contributed by atoms with Crippen molar-refractivity contribution >= 4 is 10.8 Å². The second-order valence-electron chi connectivity index (χ2n) is 11.9. The van der Waals surface area contributed by atoms with Gasteiger partial charge in [0.25, 0.3) is 0 Å². The Kier molecular flexibility index (Phi) is 10.1. The zero-order chi connectivity index (χ0) is 25.9. The van der Waals surface area contributed by atoms with E-state index in [-0.39, 0.29) is 49.1 Å². The smallest absolute Gasteiger partial charge is 0.0649 e. The molecule has 4 heteroatoms. The summed E-state index contributed by atoms with van der Waals surface area (Å²) in [6.07, 6.45) is 9.05. The maximum atomic E-state index is 10.9. The maximum absolute atomic E-state index is 10.9. The van der Waals surface area contributed by atoms with Gasteiger partial charge in [0, 0.05) is 32.2 Å². The third-order valence-corrected chi connectivity index (χ3v) is 9.59. The summed E-state index contributed by atoms with van der Waals surface area (Å²) in [6, 6.07) is 19.6. The minimum absolute atomic E-state index is 0. The maximum Gasteiger partial charge on any atom is 0.0649 e. The average molecular weight is 679 g/mol. The van der Waals surface area contributed by atoms with Gasteiger partial charge >= 0.3 is 0 Å². The van der Waals surface area contributed by atoms with Crippen molar-refractivity contribution in [3.8, 4) is 11.3 Å². The van der Waals surface area contributed by atoms with Gasteiger partial charge in [-0.2, -0.15) is 0 Å². The Morgan fingerprint density at radius 1 is 0.919 bits per heavy atom. The quantitative estimate of drug-likeness (QED) is 0.279. The summed E-state index contributed by atoms with van der Waals surface area (Å²) in [6.45, 7) is 10.9. The summed E-state index contributed by atoms with van der Waals surface area (Å²) in [7, 11) is 0. The normalized spacial score (nSPS) is 31.3. The van der Waals surface area contributed by atoms with E-state index in [0.717, 1.165) is 36.9 Å². The van der Waals surface area contributed by atoms with E-state index >= 15 is 0 Å². The molecular formula is C33H44IrNO2-. The molecule has 2 N–H and O–H groups in total. The Balaban J connectivity index is 0.000000201. The molecule has 2 aliphatic rings. The number of aromatic nitrogens is 1. The topological polar surface area (TPSA) is 53.4 Å². The molecule has 0 spiro atoms. The van der Waals surface area contributed by atoms with Crippen LogP contribution in [0.25, 0.3) is 22.0 Å². The van der Waals surface area contributed by atoms with Crippen LogP contribution in [-0.4, -0.2) is 27.4 Å². The molecular weight excluding hydrogens is 635 g/mol. The molecule has 2 saturated carbocycles. The first-order valence-corrected chi connectivity index (χ1v) is 13.9. The van der Waals surface area contributed by atoms with Crippen molar-refractivity contribution in [3.63, 3.8) is 0 Å². The zero-order valence-electron chi connectivity index (χ0n) is 23.1. The summed E-state index contributed by atoms with van der Waals surface area (Å²) < 4.78 is 0. The molecule has 1 radical (unpaired) electrons. The van der Waals surface area contributed by atoms with Crippen LogP contribution < -0.4 is 0 Å². The minimum Gasteiger partial charge on any atom is -0.392 e. The number of hydrogen-bond acceptors (Lipinski definition) is 3. The van der Waals surface area contributed by atoms with E-state index < -0.39 is 0 Å². The van der Waals surface area contributed by atoms with Crippen LogP contribution in [0.15, 0.2) is 54.7 Å². The van der Waals surface area contributed by atoms with Crippen molar-refractivity contribution in [2.24, 2.45) is 22.7 Å². The molecule has 2 aromatic carbocycles. The molecule has 0 saturated heterocycles. The summed E-state index contributed by atoms with van der Waals surface area (Å²) in [5.41, 5.74) is 3.28. The monoisotopic (exact) mass is 679 g/mol. The van der Waals surface area contributed by atoms with Crippen molar-refractivity contribution in [2.45, 2.75) is 91.8 Å². The second kappa shape index (κ2) is 12.5. The number of nitrogens with zero attached hydrogens (tertiary/aromatic N) is 1. The van der Waals surface area contributed by atoms with Gasteiger partial charge in [0.15, 0.2) is 0 Å². The standard InChI is InChI=1S/C17H32O2.C16H12N.Ir/c1-5-16(3)10-7-8-12-9-11-17(4,6-2)15(19)13(12)14(16)18;1-12-7-8-14-11-17-16(10-15(14)9-12)13-5-3-2-4-6-13;/h12-15,18-19H,5-11H2,1-4H3;2-5,7-11H,1H3;/q;-1;/t12?,13?,14?,15?,16-,17-;;/m0../s1. The van der Waals surface area contributed by atoms with E-state index in [1.165, 1.54) is 35.6 Å².